The summed E-state index contributed by atoms with van der Waals surface area (Å²) in [6.07, 6.45) is 0.997. The van der Waals surface area contributed by atoms with Crippen molar-refractivity contribution in [2.75, 3.05) is 0 Å². The van der Waals surface area contributed by atoms with E-state index in [1.807, 2.05) is 24.3 Å². The van der Waals surface area contributed by atoms with Gasteiger partial charge in [0.1, 0.15) is 0 Å². The molecule has 0 bridgehead atoms. The van der Waals surface area contributed by atoms with Gasteiger partial charge in [-0.2, -0.15) is 0 Å². The molecule has 2 rings (SSSR count). The second-order valence-electron chi connectivity index (χ2n) is 4.36. The molecular weight excluding hydrogens is 324 g/mol. The van der Waals surface area contributed by atoms with Gasteiger partial charge in [-0.1, -0.05) is 58.7 Å². The summed E-state index contributed by atoms with van der Waals surface area (Å²) in [5.41, 5.74) is 6.21. The molecule has 0 aliphatic carbocycles. The van der Waals surface area contributed by atoms with E-state index in [-0.39, 0.29) is 6.04 Å². The molecule has 1 unspecified atom stereocenters. The second-order valence-corrected chi connectivity index (χ2v) is 5.69. The first kappa shape index (κ1) is 14.5. The standard InChI is InChI=1S/C15H16BrClN2/c1-2-10-4-3-5-11(8-10)15(19-18)13-9-12(16)6-7-14(13)17/h3-9,15,19H,2,18H2,1H3. The number of hydrogen-bond acceptors (Lipinski definition) is 2. The lowest BCUT2D eigenvalue weighted by molar-refractivity contribution is 0.636. The molecule has 0 spiro atoms. The van der Waals surface area contributed by atoms with Crippen LogP contribution in [-0.2, 0) is 6.42 Å². The van der Waals surface area contributed by atoms with E-state index in [4.69, 9.17) is 17.4 Å². The van der Waals surface area contributed by atoms with Crippen LogP contribution in [0.3, 0.4) is 0 Å². The number of nitrogens with one attached hydrogen (secondary N) is 1. The summed E-state index contributed by atoms with van der Waals surface area (Å²) in [5.74, 6) is 5.72. The first-order valence-electron chi connectivity index (χ1n) is 6.15. The van der Waals surface area contributed by atoms with Crippen molar-refractivity contribution in [3.05, 3.63) is 68.7 Å². The number of nitrogens with two attached hydrogens (primary N) is 1. The van der Waals surface area contributed by atoms with E-state index in [2.05, 4.69) is 46.5 Å². The van der Waals surface area contributed by atoms with Crippen LogP contribution in [0.4, 0.5) is 0 Å². The first-order valence-corrected chi connectivity index (χ1v) is 7.32. The molecule has 2 aromatic rings. The highest BCUT2D eigenvalue weighted by molar-refractivity contribution is 9.10. The van der Waals surface area contributed by atoms with Gasteiger partial charge >= 0.3 is 0 Å². The van der Waals surface area contributed by atoms with Gasteiger partial charge in [0.2, 0.25) is 0 Å². The monoisotopic (exact) mass is 338 g/mol. The third-order valence-corrected chi connectivity index (χ3v) is 3.97. The van der Waals surface area contributed by atoms with Gasteiger partial charge in [0.25, 0.3) is 0 Å². The van der Waals surface area contributed by atoms with Gasteiger partial charge < -0.3 is 0 Å². The molecule has 2 aromatic carbocycles. The smallest absolute Gasteiger partial charge is 0.0725 e. The van der Waals surface area contributed by atoms with E-state index in [0.717, 1.165) is 22.0 Å². The maximum Gasteiger partial charge on any atom is 0.0725 e. The van der Waals surface area contributed by atoms with Crippen molar-refractivity contribution in [3.8, 4) is 0 Å². The molecule has 0 aliphatic rings. The summed E-state index contributed by atoms with van der Waals surface area (Å²) in [6, 6.07) is 14.0. The SMILES string of the molecule is CCc1cccc(C(NN)c2cc(Br)ccc2Cl)c1. The third kappa shape index (κ3) is 3.37. The van der Waals surface area contributed by atoms with Gasteiger partial charge in [-0.05, 0) is 41.3 Å². The lowest BCUT2D eigenvalue weighted by Crippen LogP contribution is -2.29. The number of rotatable bonds is 4. The molecule has 0 aliphatic heterocycles. The van der Waals surface area contributed by atoms with Crippen LogP contribution in [0.1, 0.15) is 29.7 Å². The molecule has 19 heavy (non-hydrogen) atoms. The summed E-state index contributed by atoms with van der Waals surface area (Å²) in [6.45, 7) is 2.13. The van der Waals surface area contributed by atoms with Crippen molar-refractivity contribution < 1.29 is 0 Å². The van der Waals surface area contributed by atoms with Gasteiger partial charge in [-0.15, -0.1) is 0 Å². The minimum absolute atomic E-state index is 0.114. The van der Waals surface area contributed by atoms with Crippen LogP contribution < -0.4 is 11.3 Å². The highest BCUT2D eigenvalue weighted by atomic mass is 79.9. The van der Waals surface area contributed by atoms with Gasteiger partial charge in [-0.3, -0.25) is 5.84 Å². The summed E-state index contributed by atoms with van der Waals surface area (Å²) in [4.78, 5) is 0. The summed E-state index contributed by atoms with van der Waals surface area (Å²) >= 11 is 9.74. The quantitative estimate of drug-likeness (QED) is 0.646. The Balaban J connectivity index is 2.46. The molecule has 1 atom stereocenters. The molecule has 0 heterocycles. The Morgan fingerprint density at radius 3 is 2.74 bits per heavy atom. The Labute approximate surface area is 127 Å². The minimum Gasteiger partial charge on any atom is -0.271 e. The normalized spacial score (nSPS) is 12.4. The van der Waals surface area contributed by atoms with Crippen LogP contribution in [-0.4, -0.2) is 0 Å². The summed E-state index contributed by atoms with van der Waals surface area (Å²) in [7, 11) is 0. The number of halogens is 2. The molecule has 0 saturated carbocycles. The molecule has 0 fully saturated rings. The zero-order valence-electron chi connectivity index (χ0n) is 10.7. The molecular formula is C15H16BrClN2. The molecule has 0 saturated heterocycles. The average Bonchev–Trinajstić information content (AvgIpc) is 2.44. The molecule has 0 amide bonds. The Morgan fingerprint density at radius 1 is 1.26 bits per heavy atom. The van der Waals surface area contributed by atoms with E-state index in [9.17, 15) is 0 Å². The van der Waals surface area contributed by atoms with Crippen molar-refractivity contribution in [1.29, 1.82) is 0 Å². The average molecular weight is 340 g/mol. The van der Waals surface area contributed by atoms with E-state index < -0.39 is 0 Å². The highest BCUT2D eigenvalue weighted by Crippen LogP contribution is 2.30. The molecule has 0 aromatic heterocycles. The Kier molecular flexibility index (Phi) is 4.99. The van der Waals surface area contributed by atoms with Crippen molar-refractivity contribution in [2.45, 2.75) is 19.4 Å². The third-order valence-electron chi connectivity index (χ3n) is 3.13. The summed E-state index contributed by atoms with van der Waals surface area (Å²) < 4.78 is 0.985. The fourth-order valence-electron chi connectivity index (χ4n) is 2.09. The lowest BCUT2D eigenvalue weighted by atomic mass is 9.97. The van der Waals surface area contributed by atoms with Crippen LogP contribution in [0.15, 0.2) is 46.9 Å². The van der Waals surface area contributed by atoms with Crippen LogP contribution in [0.2, 0.25) is 5.02 Å². The maximum atomic E-state index is 6.28. The van der Waals surface area contributed by atoms with Gasteiger partial charge in [0.05, 0.1) is 6.04 Å². The van der Waals surface area contributed by atoms with Crippen molar-refractivity contribution in [1.82, 2.24) is 5.43 Å². The highest BCUT2D eigenvalue weighted by Gasteiger charge is 2.16. The van der Waals surface area contributed by atoms with Crippen LogP contribution >= 0.6 is 27.5 Å². The molecule has 0 radical (unpaired) electrons. The van der Waals surface area contributed by atoms with Gasteiger partial charge in [-0.25, -0.2) is 5.43 Å². The summed E-state index contributed by atoms with van der Waals surface area (Å²) in [5, 5.41) is 0.702. The minimum atomic E-state index is -0.114. The van der Waals surface area contributed by atoms with E-state index in [0.29, 0.717) is 5.02 Å². The molecule has 100 valence electrons. The molecule has 3 N–H and O–H groups in total. The van der Waals surface area contributed by atoms with Crippen molar-refractivity contribution in [3.63, 3.8) is 0 Å². The second kappa shape index (κ2) is 6.53. The Morgan fingerprint density at radius 2 is 2.05 bits per heavy atom. The fourth-order valence-corrected chi connectivity index (χ4v) is 2.70. The molecule has 4 heteroatoms. The van der Waals surface area contributed by atoms with Crippen LogP contribution in [0, 0.1) is 0 Å². The van der Waals surface area contributed by atoms with Gasteiger partial charge in [0.15, 0.2) is 0 Å². The molecule has 2 nitrogen and oxygen atoms in total. The zero-order chi connectivity index (χ0) is 13.8. The topological polar surface area (TPSA) is 38.0 Å². The van der Waals surface area contributed by atoms with Crippen molar-refractivity contribution >= 4 is 27.5 Å². The van der Waals surface area contributed by atoms with Crippen LogP contribution in [0.5, 0.6) is 0 Å². The number of hydrazine groups is 1. The van der Waals surface area contributed by atoms with Gasteiger partial charge in [0, 0.05) is 9.50 Å². The van der Waals surface area contributed by atoms with E-state index in [1.165, 1.54) is 5.56 Å². The fraction of sp³-hybridized carbons (Fsp3) is 0.200. The Hall–Kier alpha value is -0.870. The predicted octanol–water partition coefficient (Wildman–Crippen LogP) is 4.22. The number of hydrogen-bond donors (Lipinski definition) is 2. The largest absolute Gasteiger partial charge is 0.271 e. The maximum absolute atomic E-state index is 6.28. The van der Waals surface area contributed by atoms with E-state index >= 15 is 0 Å². The zero-order valence-corrected chi connectivity index (χ0v) is 13.0. The Bertz CT molecular complexity index is 572. The van der Waals surface area contributed by atoms with Crippen molar-refractivity contribution in [2.24, 2.45) is 5.84 Å². The first-order chi connectivity index (χ1) is 9.15. The van der Waals surface area contributed by atoms with E-state index in [1.54, 1.807) is 0 Å². The lowest BCUT2D eigenvalue weighted by Gasteiger charge is -2.19. The predicted molar refractivity (Wildman–Crippen MR) is 84.1 cm³/mol. The number of benzene rings is 2. The van der Waals surface area contributed by atoms with Crippen LogP contribution in [0.25, 0.3) is 0 Å². The number of aryl methyl sites for hydroxylation is 1.